The molecule has 0 atom stereocenters. The molecule has 0 N–H and O–H groups in total. The number of aromatic nitrogens is 2. The van der Waals surface area contributed by atoms with Crippen LogP contribution in [0.15, 0.2) is 79.0 Å². The van der Waals surface area contributed by atoms with E-state index in [0.717, 1.165) is 17.0 Å². The van der Waals surface area contributed by atoms with Crippen LogP contribution in [0.5, 0.6) is 11.5 Å². The zero-order chi connectivity index (χ0) is 25.8. The topological polar surface area (TPSA) is 59.8 Å². The highest BCUT2D eigenvalue weighted by Gasteiger charge is 2.27. The van der Waals surface area contributed by atoms with E-state index in [9.17, 15) is 13.6 Å². The average molecular weight is 505 g/mol. The summed E-state index contributed by atoms with van der Waals surface area (Å²) in [5.74, 6) is 0.148. The maximum atomic E-state index is 13.5. The van der Waals surface area contributed by atoms with Crippen molar-refractivity contribution in [3.8, 4) is 17.2 Å². The number of ether oxygens (including phenoxy) is 2. The molecule has 1 fully saturated rings. The van der Waals surface area contributed by atoms with Crippen LogP contribution < -0.4 is 14.4 Å². The van der Waals surface area contributed by atoms with E-state index < -0.39 is 0 Å². The summed E-state index contributed by atoms with van der Waals surface area (Å²) in [4.78, 5) is 17.5. The summed E-state index contributed by atoms with van der Waals surface area (Å²) in [7, 11) is 1.63. The minimum Gasteiger partial charge on any atom is -0.497 e. The Morgan fingerprint density at radius 1 is 0.838 bits per heavy atom. The molecule has 4 aromatic rings. The number of anilines is 1. The van der Waals surface area contributed by atoms with Gasteiger partial charge in [-0.25, -0.2) is 13.5 Å². The predicted octanol–water partition coefficient (Wildman–Crippen LogP) is 4.70. The van der Waals surface area contributed by atoms with E-state index in [1.807, 2.05) is 24.3 Å². The van der Waals surface area contributed by atoms with Crippen LogP contribution >= 0.6 is 0 Å². The zero-order valence-corrected chi connectivity index (χ0v) is 20.3. The van der Waals surface area contributed by atoms with Gasteiger partial charge in [0.15, 0.2) is 11.4 Å². The van der Waals surface area contributed by atoms with Gasteiger partial charge in [-0.15, -0.1) is 0 Å². The molecule has 190 valence electrons. The largest absolute Gasteiger partial charge is 0.497 e. The van der Waals surface area contributed by atoms with Gasteiger partial charge in [0.2, 0.25) is 0 Å². The summed E-state index contributed by atoms with van der Waals surface area (Å²) in [6.45, 7) is 2.52. The highest BCUT2D eigenvalue weighted by Crippen LogP contribution is 2.25. The minimum atomic E-state index is -0.366. The van der Waals surface area contributed by atoms with Crippen LogP contribution in [-0.2, 0) is 6.61 Å². The molecule has 1 aliphatic rings. The molecule has 0 aliphatic carbocycles. The first-order valence-electron chi connectivity index (χ1n) is 11.9. The summed E-state index contributed by atoms with van der Waals surface area (Å²) in [5.41, 5.74) is 2.58. The normalized spacial score (nSPS) is 13.5. The summed E-state index contributed by atoms with van der Waals surface area (Å²) >= 11 is 0. The quantitative estimate of drug-likeness (QED) is 0.365. The van der Waals surface area contributed by atoms with Crippen molar-refractivity contribution in [3.63, 3.8) is 0 Å². The first kappa shape index (κ1) is 24.3. The molecule has 2 heterocycles. The third-order valence-corrected chi connectivity index (χ3v) is 6.29. The molecule has 37 heavy (non-hydrogen) atoms. The Morgan fingerprint density at radius 2 is 1.43 bits per heavy atom. The smallest absolute Gasteiger partial charge is 0.278 e. The number of piperazine rings is 1. The van der Waals surface area contributed by atoms with Crippen LogP contribution in [0.2, 0.25) is 0 Å². The molecule has 5 rings (SSSR count). The van der Waals surface area contributed by atoms with E-state index >= 15 is 0 Å². The number of nitrogens with zero attached hydrogens (tertiary/aromatic N) is 4. The van der Waals surface area contributed by atoms with Crippen LogP contribution in [0.25, 0.3) is 5.69 Å². The molecule has 7 nitrogen and oxygen atoms in total. The lowest BCUT2D eigenvalue weighted by Gasteiger charge is -2.36. The van der Waals surface area contributed by atoms with Crippen molar-refractivity contribution < 1.29 is 23.0 Å². The lowest BCUT2D eigenvalue weighted by molar-refractivity contribution is 0.0735. The Kier molecular flexibility index (Phi) is 7.02. The molecule has 0 unspecified atom stereocenters. The average Bonchev–Trinajstić information content (AvgIpc) is 3.37. The van der Waals surface area contributed by atoms with Gasteiger partial charge in [-0.3, -0.25) is 4.79 Å². The van der Waals surface area contributed by atoms with Crippen molar-refractivity contribution in [2.45, 2.75) is 6.61 Å². The van der Waals surface area contributed by atoms with E-state index in [-0.39, 0.29) is 29.8 Å². The molecule has 0 spiro atoms. The van der Waals surface area contributed by atoms with Crippen LogP contribution in [0.3, 0.4) is 0 Å². The Hall–Kier alpha value is -4.40. The maximum Gasteiger partial charge on any atom is 0.278 e. The fourth-order valence-electron chi connectivity index (χ4n) is 4.19. The minimum absolute atomic E-state index is 0.140. The van der Waals surface area contributed by atoms with Crippen LogP contribution in [0.4, 0.5) is 14.5 Å². The van der Waals surface area contributed by atoms with E-state index in [0.29, 0.717) is 37.6 Å². The van der Waals surface area contributed by atoms with E-state index in [1.165, 1.54) is 28.9 Å². The molecule has 1 aromatic heterocycles. The van der Waals surface area contributed by atoms with Gasteiger partial charge in [0, 0.05) is 31.9 Å². The van der Waals surface area contributed by atoms with Gasteiger partial charge in [0.05, 0.1) is 19.0 Å². The highest BCUT2D eigenvalue weighted by molar-refractivity contribution is 5.95. The van der Waals surface area contributed by atoms with Gasteiger partial charge in [0.25, 0.3) is 5.91 Å². The van der Waals surface area contributed by atoms with E-state index in [1.54, 1.807) is 42.5 Å². The Bertz CT molecular complexity index is 1350. The Balaban J connectivity index is 1.33. The maximum absolute atomic E-state index is 13.5. The SMILES string of the molecule is COc1ccc(N2CCN(C(=O)c3nn(-c4ccc(F)cc4)cc3OCc3ccc(F)cc3)CC2)cc1. The monoisotopic (exact) mass is 504 g/mol. The van der Waals surface area contributed by atoms with Crippen LogP contribution in [0, 0.1) is 11.6 Å². The van der Waals surface area contributed by atoms with Gasteiger partial charge >= 0.3 is 0 Å². The van der Waals surface area contributed by atoms with Gasteiger partial charge in [-0.2, -0.15) is 5.10 Å². The first-order chi connectivity index (χ1) is 18.0. The van der Waals surface area contributed by atoms with Gasteiger partial charge < -0.3 is 19.3 Å². The molecule has 1 amide bonds. The third-order valence-electron chi connectivity index (χ3n) is 6.29. The lowest BCUT2D eigenvalue weighted by atomic mass is 10.2. The lowest BCUT2D eigenvalue weighted by Crippen LogP contribution is -2.49. The van der Waals surface area contributed by atoms with Crippen LogP contribution in [0.1, 0.15) is 16.1 Å². The molecule has 3 aromatic carbocycles. The van der Waals surface area contributed by atoms with Crippen molar-refractivity contribution in [2.75, 3.05) is 38.2 Å². The second kappa shape index (κ2) is 10.7. The second-order valence-electron chi connectivity index (χ2n) is 8.66. The molecular formula is C28H26F2N4O3. The number of methoxy groups -OCH3 is 1. The molecule has 0 saturated carbocycles. The number of benzene rings is 3. The third kappa shape index (κ3) is 5.55. The number of carbonyl (C=O) groups is 1. The molecule has 9 heteroatoms. The Labute approximate surface area is 213 Å². The van der Waals surface area contributed by atoms with Crippen molar-refractivity contribution in [1.82, 2.24) is 14.7 Å². The summed E-state index contributed by atoms with van der Waals surface area (Å²) in [6.07, 6.45) is 1.61. The zero-order valence-electron chi connectivity index (χ0n) is 20.3. The van der Waals surface area contributed by atoms with Gasteiger partial charge in [-0.05, 0) is 66.2 Å². The molecule has 1 aliphatic heterocycles. The number of hydrogen-bond donors (Lipinski definition) is 0. The molecule has 0 bridgehead atoms. The molecule has 1 saturated heterocycles. The number of rotatable bonds is 7. The van der Waals surface area contributed by atoms with E-state index in [2.05, 4.69) is 10.00 Å². The number of hydrogen-bond acceptors (Lipinski definition) is 5. The van der Waals surface area contributed by atoms with Crippen molar-refractivity contribution in [2.24, 2.45) is 0 Å². The summed E-state index contributed by atoms with van der Waals surface area (Å²) < 4.78 is 39.4. The summed E-state index contributed by atoms with van der Waals surface area (Å²) in [5, 5.41) is 4.50. The summed E-state index contributed by atoms with van der Waals surface area (Å²) in [6, 6.07) is 19.6. The van der Waals surface area contributed by atoms with Crippen molar-refractivity contribution in [3.05, 3.63) is 102 Å². The molecule has 0 radical (unpaired) electrons. The standard InChI is InChI=1S/C28H26F2N4O3/c1-36-25-12-10-23(11-13-25)32-14-16-33(17-15-32)28(35)27-26(37-19-20-2-4-21(29)5-3-20)18-34(31-27)24-8-6-22(30)7-9-24/h2-13,18H,14-17,19H2,1H3. The Morgan fingerprint density at radius 3 is 2.05 bits per heavy atom. The second-order valence-corrected chi connectivity index (χ2v) is 8.66. The van der Waals surface area contributed by atoms with E-state index in [4.69, 9.17) is 9.47 Å². The van der Waals surface area contributed by atoms with Gasteiger partial charge in [-0.1, -0.05) is 12.1 Å². The fraction of sp³-hybridized carbons (Fsp3) is 0.214. The van der Waals surface area contributed by atoms with Crippen LogP contribution in [-0.4, -0.2) is 53.9 Å². The number of carbonyl (C=O) groups excluding carboxylic acids is 1. The van der Waals surface area contributed by atoms with Gasteiger partial charge in [0.1, 0.15) is 24.0 Å². The number of amides is 1. The van der Waals surface area contributed by atoms with Crippen molar-refractivity contribution >= 4 is 11.6 Å². The fourth-order valence-corrected chi connectivity index (χ4v) is 4.19. The first-order valence-corrected chi connectivity index (χ1v) is 11.9. The highest BCUT2D eigenvalue weighted by atomic mass is 19.1. The number of halogens is 2. The molecular weight excluding hydrogens is 478 g/mol. The predicted molar refractivity (Wildman–Crippen MR) is 135 cm³/mol. The van der Waals surface area contributed by atoms with Crippen molar-refractivity contribution in [1.29, 1.82) is 0 Å².